The van der Waals surface area contributed by atoms with E-state index >= 15 is 0 Å². The van der Waals surface area contributed by atoms with Gasteiger partial charge in [-0.15, -0.1) is 0 Å². The van der Waals surface area contributed by atoms with Gasteiger partial charge in [-0.2, -0.15) is 0 Å². The van der Waals surface area contributed by atoms with Crippen LogP contribution in [0.25, 0.3) is 10.9 Å². The molecule has 0 spiro atoms. The van der Waals surface area contributed by atoms with Crippen LogP contribution in [0.1, 0.15) is 42.7 Å². The lowest BCUT2D eigenvalue weighted by Gasteiger charge is -2.32. The highest BCUT2D eigenvalue weighted by Crippen LogP contribution is 2.28. The number of hydrogen-bond donors (Lipinski definition) is 0. The van der Waals surface area contributed by atoms with Gasteiger partial charge in [-0.1, -0.05) is 48.5 Å². The first-order chi connectivity index (χ1) is 12.8. The Morgan fingerprint density at radius 1 is 0.885 bits per heavy atom. The second-order valence-electron chi connectivity index (χ2n) is 7.77. The fourth-order valence-electron chi connectivity index (χ4n) is 4.49. The Labute approximate surface area is 157 Å². The van der Waals surface area contributed by atoms with Crippen molar-refractivity contribution >= 4 is 10.9 Å². The zero-order chi connectivity index (χ0) is 17.8. The Balaban J connectivity index is 1.22. The minimum absolute atomic E-state index is 0.767. The lowest BCUT2D eigenvalue weighted by atomic mass is 9.89. The number of para-hydroxylation sites is 1. The Morgan fingerprint density at radius 2 is 1.62 bits per heavy atom. The molecule has 0 bridgehead atoms. The summed E-state index contributed by atoms with van der Waals surface area (Å²) in [6, 6.07) is 19.8. The average molecular weight is 347 g/mol. The van der Waals surface area contributed by atoms with Crippen molar-refractivity contribution in [2.24, 2.45) is 7.05 Å². The smallest absolute Gasteiger partial charge is 0.0480 e. The molecule has 0 saturated carbocycles. The third kappa shape index (κ3) is 3.86. The summed E-state index contributed by atoms with van der Waals surface area (Å²) < 4.78 is 2.26. The van der Waals surface area contributed by atoms with Gasteiger partial charge in [0, 0.05) is 24.1 Å². The Kier molecular flexibility index (Phi) is 5.40. The predicted molar refractivity (Wildman–Crippen MR) is 111 cm³/mol. The lowest BCUT2D eigenvalue weighted by Crippen LogP contribution is -2.33. The van der Waals surface area contributed by atoms with Crippen LogP contribution >= 0.6 is 0 Å². The first kappa shape index (κ1) is 17.4. The number of aromatic nitrogens is 1. The summed E-state index contributed by atoms with van der Waals surface area (Å²) in [6.07, 6.45) is 8.73. The topological polar surface area (TPSA) is 8.17 Å². The van der Waals surface area contributed by atoms with Gasteiger partial charge >= 0.3 is 0 Å². The minimum Gasteiger partial charge on any atom is -0.350 e. The number of fused-ring (bicyclic) bond motifs is 1. The highest BCUT2D eigenvalue weighted by molar-refractivity contribution is 5.83. The first-order valence-electron chi connectivity index (χ1n) is 10.1. The number of unbranched alkanes of at least 4 members (excludes halogenated alkanes) is 1. The van der Waals surface area contributed by atoms with Crippen LogP contribution in [0.5, 0.6) is 0 Å². The van der Waals surface area contributed by atoms with Crippen LogP contribution in [0, 0.1) is 0 Å². The molecule has 0 radical (unpaired) electrons. The maximum absolute atomic E-state index is 2.67. The minimum atomic E-state index is 0.767. The standard InChI is InChI=1S/C24H30N2/c1-25-19-22(23-12-5-6-13-24(23)25)11-7-8-16-26-17-14-21(15-18-26)20-9-3-2-4-10-20/h2-6,9-10,12-13,19,21H,7-8,11,14-18H2,1H3. The molecule has 0 atom stereocenters. The predicted octanol–water partition coefficient (Wildman–Crippen LogP) is 5.38. The van der Waals surface area contributed by atoms with E-state index in [0.29, 0.717) is 0 Å². The van der Waals surface area contributed by atoms with Crippen molar-refractivity contribution in [3.63, 3.8) is 0 Å². The van der Waals surface area contributed by atoms with E-state index in [1.807, 2.05) is 0 Å². The van der Waals surface area contributed by atoms with Crippen LogP contribution in [0.4, 0.5) is 0 Å². The summed E-state index contributed by atoms with van der Waals surface area (Å²) in [5, 5.41) is 1.43. The molecule has 0 unspecified atom stereocenters. The molecule has 2 heteroatoms. The molecule has 2 heterocycles. The molecule has 1 saturated heterocycles. The second kappa shape index (κ2) is 8.09. The summed E-state index contributed by atoms with van der Waals surface area (Å²) >= 11 is 0. The number of aryl methyl sites for hydroxylation is 2. The molecular weight excluding hydrogens is 316 g/mol. The van der Waals surface area contributed by atoms with E-state index in [9.17, 15) is 0 Å². The molecule has 1 aromatic heterocycles. The van der Waals surface area contributed by atoms with Crippen molar-refractivity contribution < 1.29 is 0 Å². The number of hydrogen-bond acceptors (Lipinski definition) is 1. The Morgan fingerprint density at radius 3 is 2.42 bits per heavy atom. The zero-order valence-electron chi connectivity index (χ0n) is 15.9. The van der Waals surface area contributed by atoms with Gasteiger partial charge in [0.1, 0.15) is 0 Å². The average Bonchev–Trinajstić information content (AvgIpc) is 3.03. The van der Waals surface area contributed by atoms with E-state index in [4.69, 9.17) is 0 Å². The van der Waals surface area contributed by atoms with Crippen molar-refractivity contribution in [2.45, 2.75) is 38.0 Å². The van der Waals surface area contributed by atoms with Crippen molar-refractivity contribution in [1.82, 2.24) is 9.47 Å². The quantitative estimate of drug-likeness (QED) is 0.544. The molecule has 2 nitrogen and oxygen atoms in total. The number of rotatable bonds is 6. The van der Waals surface area contributed by atoms with E-state index in [0.717, 1.165) is 5.92 Å². The van der Waals surface area contributed by atoms with Gasteiger partial charge in [-0.3, -0.25) is 0 Å². The van der Waals surface area contributed by atoms with E-state index in [-0.39, 0.29) is 0 Å². The Hall–Kier alpha value is -2.06. The van der Waals surface area contributed by atoms with E-state index in [1.54, 1.807) is 0 Å². The first-order valence-corrected chi connectivity index (χ1v) is 10.1. The van der Waals surface area contributed by atoms with Crippen molar-refractivity contribution in [2.75, 3.05) is 19.6 Å². The van der Waals surface area contributed by atoms with E-state index in [2.05, 4.69) is 77.3 Å². The van der Waals surface area contributed by atoms with Gasteiger partial charge in [-0.25, -0.2) is 0 Å². The third-order valence-corrected chi connectivity index (χ3v) is 6.01. The number of piperidine rings is 1. The molecule has 0 N–H and O–H groups in total. The number of benzene rings is 2. The summed E-state index contributed by atoms with van der Waals surface area (Å²) in [4.78, 5) is 2.67. The highest BCUT2D eigenvalue weighted by Gasteiger charge is 2.19. The van der Waals surface area contributed by atoms with Gasteiger partial charge in [0.2, 0.25) is 0 Å². The number of likely N-dealkylation sites (tertiary alicyclic amines) is 1. The van der Waals surface area contributed by atoms with Crippen molar-refractivity contribution in [3.8, 4) is 0 Å². The fraction of sp³-hybridized carbons (Fsp3) is 0.417. The van der Waals surface area contributed by atoms with E-state index in [1.165, 1.54) is 73.8 Å². The van der Waals surface area contributed by atoms with E-state index < -0.39 is 0 Å². The Bertz CT molecular complexity index is 826. The van der Waals surface area contributed by atoms with Crippen molar-refractivity contribution in [1.29, 1.82) is 0 Å². The molecule has 1 aliphatic heterocycles. The maximum Gasteiger partial charge on any atom is 0.0480 e. The van der Waals surface area contributed by atoms with Crippen LogP contribution in [-0.4, -0.2) is 29.1 Å². The van der Waals surface area contributed by atoms with Gasteiger partial charge in [0.25, 0.3) is 0 Å². The molecule has 26 heavy (non-hydrogen) atoms. The molecule has 136 valence electrons. The molecule has 0 amide bonds. The lowest BCUT2D eigenvalue weighted by molar-refractivity contribution is 0.209. The highest BCUT2D eigenvalue weighted by atomic mass is 15.1. The van der Waals surface area contributed by atoms with Gasteiger partial charge in [-0.05, 0) is 74.8 Å². The summed E-state index contributed by atoms with van der Waals surface area (Å²) in [6.45, 7) is 3.77. The summed E-state index contributed by atoms with van der Waals surface area (Å²) in [5.41, 5.74) is 4.39. The third-order valence-electron chi connectivity index (χ3n) is 6.01. The van der Waals surface area contributed by atoms with Crippen LogP contribution in [0.2, 0.25) is 0 Å². The van der Waals surface area contributed by atoms with Crippen molar-refractivity contribution in [3.05, 3.63) is 71.9 Å². The van der Waals surface area contributed by atoms with Crippen LogP contribution < -0.4 is 0 Å². The largest absolute Gasteiger partial charge is 0.350 e. The van der Waals surface area contributed by atoms with Crippen LogP contribution in [0.3, 0.4) is 0 Å². The van der Waals surface area contributed by atoms with Crippen LogP contribution in [-0.2, 0) is 13.5 Å². The molecule has 0 aliphatic carbocycles. The second-order valence-corrected chi connectivity index (χ2v) is 7.77. The molecule has 1 aliphatic rings. The molecule has 1 fully saturated rings. The molecule has 4 rings (SSSR count). The maximum atomic E-state index is 2.67. The number of nitrogens with zero attached hydrogens (tertiary/aromatic N) is 2. The van der Waals surface area contributed by atoms with Gasteiger partial charge in [0.15, 0.2) is 0 Å². The van der Waals surface area contributed by atoms with Gasteiger partial charge < -0.3 is 9.47 Å². The molecular formula is C24H30N2. The normalized spacial score (nSPS) is 16.3. The molecule has 2 aromatic carbocycles. The zero-order valence-corrected chi connectivity index (χ0v) is 15.9. The summed E-state index contributed by atoms with van der Waals surface area (Å²) in [5.74, 6) is 0.767. The SMILES string of the molecule is Cn1cc(CCCCN2CCC(c3ccccc3)CC2)c2ccccc21. The fourth-order valence-corrected chi connectivity index (χ4v) is 4.49. The van der Waals surface area contributed by atoms with Gasteiger partial charge in [0.05, 0.1) is 0 Å². The monoisotopic (exact) mass is 346 g/mol. The summed E-state index contributed by atoms with van der Waals surface area (Å²) in [7, 11) is 2.16. The van der Waals surface area contributed by atoms with Crippen LogP contribution in [0.15, 0.2) is 60.8 Å². The molecule has 3 aromatic rings.